The number of benzene rings is 1. The Morgan fingerprint density at radius 3 is 2.70 bits per heavy atom. The van der Waals surface area contributed by atoms with Crippen molar-refractivity contribution in [3.05, 3.63) is 79.4 Å². The summed E-state index contributed by atoms with van der Waals surface area (Å²) in [6, 6.07) is 13.5. The number of hydrogen-bond donors (Lipinski definition) is 1. The van der Waals surface area contributed by atoms with Gasteiger partial charge in [0.15, 0.2) is 0 Å². The fourth-order valence-electron chi connectivity index (χ4n) is 2.71. The van der Waals surface area contributed by atoms with Crippen LogP contribution in [0, 0.1) is 0 Å². The van der Waals surface area contributed by atoms with Gasteiger partial charge in [-0.2, -0.15) is 5.10 Å². The molecule has 4 aromatic rings. The predicted octanol–water partition coefficient (Wildman–Crippen LogP) is 2.92. The monoisotopic (exact) mass is 359 g/mol. The van der Waals surface area contributed by atoms with Crippen molar-refractivity contribution in [2.24, 2.45) is 0 Å². The summed E-state index contributed by atoms with van der Waals surface area (Å²) in [5, 5.41) is 7.31. The molecule has 0 atom stereocenters. The van der Waals surface area contributed by atoms with Crippen molar-refractivity contribution in [1.82, 2.24) is 25.1 Å². The Labute approximate surface area is 155 Å². The van der Waals surface area contributed by atoms with Gasteiger partial charge < -0.3 is 9.73 Å². The van der Waals surface area contributed by atoms with E-state index in [4.69, 9.17) is 4.42 Å². The number of hydrogen-bond acceptors (Lipinski definition) is 5. The molecule has 0 aliphatic rings. The van der Waals surface area contributed by atoms with E-state index < -0.39 is 0 Å². The van der Waals surface area contributed by atoms with Crippen molar-refractivity contribution in [3.63, 3.8) is 0 Å². The molecule has 134 valence electrons. The van der Waals surface area contributed by atoms with Gasteiger partial charge in [0.2, 0.25) is 5.91 Å². The van der Waals surface area contributed by atoms with Crippen LogP contribution in [-0.4, -0.2) is 25.7 Å². The Balaban J connectivity index is 1.44. The summed E-state index contributed by atoms with van der Waals surface area (Å²) in [7, 11) is 0. The van der Waals surface area contributed by atoms with Crippen LogP contribution in [0.4, 0.5) is 0 Å². The highest BCUT2D eigenvalue weighted by Crippen LogP contribution is 2.24. The molecular formula is C20H17N5O2. The molecule has 0 saturated heterocycles. The van der Waals surface area contributed by atoms with Crippen LogP contribution in [0.5, 0.6) is 0 Å². The van der Waals surface area contributed by atoms with Gasteiger partial charge in [-0.05, 0) is 29.8 Å². The highest BCUT2D eigenvalue weighted by atomic mass is 16.3. The molecule has 0 fully saturated rings. The third kappa shape index (κ3) is 4.09. The van der Waals surface area contributed by atoms with E-state index in [-0.39, 0.29) is 12.5 Å². The lowest BCUT2D eigenvalue weighted by Gasteiger charge is -2.04. The van der Waals surface area contributed by atoms with Crippen molar-refractivity contribution in [2.75, 3.05) is 0 Å². The molecule has 3 aromatic heterocycles. The molecule has 0 aliphatic carbocycles. The zero-order valence-electron chi connectivity index (χ0n) is 14.4. The fourth-order valence-corrected chi connectivity index (χ4v) is 2.71. The number of carbonyl (C=O) groups excluding carboxylic acids is 1. The SMILES string of the molecule is O=C(Cn1ccc(-c2cccc(-c3cncnc3)c2)n1)NCc1ccco1. The molecule has 1 N–H and O–H groups in total. The zero-order valence-corrected chi connectivity index (χ0v) is 14.4. The van der Waals surface area contributed by atoms with Crippen LogP contribution >= 0.6 is 0 Å². The van der Waals surface area contributed by atoms with Gasteiger partial charge in [-0.25, -0.2) is 9.97 Å². The highest BCUT2D eigenvalue weighted by molar-refractivity contribution is 5.75. The summed E-state index contributed by atoms with van der Waals surface area (Å²) >= 11 is 0. The fraction of sp³-hybridized carbons (Fsp3) is 0.100. The Morgan fingerprint density at radius 1 is 1.04 bits per heavy atom. The summed E-state index contributed by atoms with van der Waals surface area (Å²) in [5.74, 6) is 0.586. The van der Waals surface area contributed by atoms with Gasteiger partial charge in [0.1, 0.15) is 18.6 Å². The largest absolute Gasteiger partial charge is 0.467 e. The number of nitrogens with one attached hydrogen (secondary N) is 1. The molecule has 1 aromatic carbocycles. The first-order valence-electron chi connectivity index (χ1n) is 8.46. The molecule has 0 aliphatic heterocycles. The smallest absolute Gasteiger partial charge is 0.242 e. The van der Waals surface area contributed by atoms with Gasteiger partial charge >= 0.3 is 0 Å². The van der Waals surface area contributed by atoms with E-state index in [0.29, 0.717) is 12.3 Å². The average molecular weight is 359 g/mol. The molecule has 3 heterocycles. The number of rotatable bonds is 6. The van der Waals surface area contributed by atoms with Crippen LogP contribution < -0.4 is 5.32 Å². The molecule has 0 unspecified atom stereocenters. The molecule has 27 heavy (non-hydrogen) atoms. The summed E-state index contributed by atoms with van der Waals surface area (Å²) in [4.78, 5) is 20.2. The highest BCUT2D eigenvalue weighted by Gasteiger charge is 2.08. The Morgan fingerprint density at radius 2 is 1.89 bits per heavy atom. The number of carbonyl (C=O) groups is 1. The molecule has 0 saturated carbocycles. The third-order valence-corrected chi connectivity index (χ3v) is 4.04. The first-order chi connectivity index (χ1) is 13.3. The lowest BCUT2D eigenvalue weighted by molar-refractivity contribution is -0.122. The number of nitrogens with zero attached hydrogens (tertiary/aromatic N) is 4. The van der Waals surface area contributed by atoms with Gasteiger partial charge in [-0.3, -0.25) is 9.48 Å². The summed E-state index contributed by atoms with van der Waals surface area (Å²) in [5.41, 5.74) is 3.72. The Hall–Kier alpha value is -3.74. The van der Waals surface area contributed by atoms with Crippen LogP contribution in [-0.2, 0) is 17.9 Å². The summed E-state index contributed by atoms with van der Waals surface area (Å²) in [6.07, 6.45) is 8.42. The molecular weight excluding hydrogens is 342 g/mol. The zero-order chi connectivity index (χ0) is 18.5. The summed E-state index contributed by atoms with van der Waals surface area (Å²) < 4.78 is 6.81. The number of aromatic nitrogens is 4. The maximum absolute atomic E-state index is 12.1. The second-order valence-corrected chi connectivity index (χ2v) is 5.96. The molecule has 1 amide bonds. The van der Waals surface area contributed by atoms with Crippen LogP contribution in [0.2, 0.25) is 0 Å². The van der Waals surface area contributed by atoms with E-state index in [1.54, 1.807) is 35.6 Å². The molecule has 4 rings (SSSR count). The van der Waals surface area contributed by atoms with E-state index in [0.717, 1.165) is 22.4 Å². The van der Waals surface area contributed by atoms with Gasteiger partial charge in [0.05, 0.1) is 18.5 Å². The standard InChI is InChI=1S/C20H17N5O2/c26-20(23-12-18-5-2-8-27-18)13-25-7-6-19(24-25)16-4-1-3-15(9-16)17-10-21-14-22-11-17/h1-11,14H,12-13H2,(H,23,26). The van der Waals surface area contributed by atoms with Crippen molar-refractivity contribution >= 4 is 5.91 Å². The van der Waals surface area contributed by atoms with E-state index in [2.05, 4.69) is 20.4 Å². The normalized spacial score (nSPS) is 10.7. The molecule has 0 radical (unpaired) electrons. The Kier molecular flexibility index (Phi) is 4.74. The van der Waals surface area contributed by atoms with Crippen molar-refractivity contribution in [1.29, 1.82) is 0 Å². The Bertz CT molecular complexity index is 1030. The lowest BCUT2D eigenvalue weighted by Crippen LogP contribution is -2.27. The number of amides is 1. The van der Waals surface area contributed by atoms with E-state index in [1.165, 1.54) is 6.33 Å². The van der Waals surface area contributed by atoms with Crippen molar-refractivity contribution in [2.45, 2.75) is 13.1 Å². The summed E-state index contributed by atoms with van der Waals surface area (Å²) in [6.45, 7) is 0.508. The minimum absolute atomic E-state index is 0.128. The molecule has 0 spiro atoms. The van der Waals surface area contributed by atoms with Crippen molar-refractivity contribution < 1.29 is 9.21 Å². The maximum Gasteiger partial charge on any atom is 0.242 e. The average Bonchev–Trinajstić information content (AvgIpc) is 3.39. The number of furan rings is 1. The molecule has 0 bridgehead atoms. The third-order valence-electron chi connectivity index (χ3n) is 4.04. The van der Waals surface area contributed by atoms with E-state index in [1.807, 2.05) is 36.4 Å². The van der Waals surface area contributed by atoms with Gasteiger partial charge in [-0.15, -0.1) is 0 Å². The topological polar surface area (TPSA) is 85.8 Å². The second kappa shape index (κ2) is 7.65. The van der Waals surface area contributed by atoms with Gasteiger partial charge in [0, 0.05) is 29.7 Å². The van der Waals surface area contributed by atoms with Crippen LogP contribution in [0.25, 0.3) is 22.4 Å². The van der Waals surface area contributed by atoms with Gasteiger partial charge in [-0.1, -0.05) is 18.2 Å². The van der Waals surface area contributed by atoms with Gasteiger partial charge in [0.25, 0.3) is 0 Å². The van der Waals surface area contributed by atoms with Crippen LogP contribution in [0.15, 0.2) is 78.1 Å². The quantitative estimate of drug-likeness (QED) is 0.572. The maximum atomic E-state index is 12.1. The predicted molar refractivity (Wildman–Crippen MR) is 99.2 cm³/mol. The van der Waals surface area contributed by atoms with Crippen molar-refractivity contribution in [3.8, 4) is 22.4 Å². The first-order valence-corrected chi connectivity index (χ1v) is 8.46. The van der Waals surface area contributed by atoms with Crippen LogP contribution in [0.1, 0.15) is 5.76 Å². The van der Waals surface area contributed by atoms with Crippen LogP contribution in [0.3, 0.4) is 0 Å². The van der Waals surface area contributed by atoms with E-state index in [9.17, 15) is 4.79 Å². The molecule has 7 nitrogen and oxygen atoms in total. The second-order valence-electron chi connectivity index (χ2n) is 5.96. The minimum atomic E-state index is -0.128. The van der Waals surface area contributed by atoms with E-state index >= 15 is 0 Å². The molecule has 7 heteroatoms. The minimum Gasteiger partial charge on any atom is -0.467 e. The first kappa shape index (κ1) is 16.7. The lowest BCUT2D eigenvalue weighted by atomic mass is 10.0.